The van der Waals surface area contributed by atoms with Crippen LogP contribution in [0.2, 0.25) is 0 Å². The highest BCUT2D eigenvalue weighted by Crippen LogP contribution is 2.31. The minimum Gasteiger partial charge on any atom is -0.352 e. The van der Waals surface area contributed by atoms with Gasteiger partial charge >= 0.3 is 5.69 Å². The summed E-state index contributed by atoms with van der Waals surface area (Å²) in [5.41, 5.74) is -0.632. The Kier molecular flexibility index (Phi) is 4.89. The first-order valence-corrected chi connectivity index (χ1v) is 7.43. The molecule has 1 aliphatic heterocycles. The zero-order chi connectivity index (χ0) is 14.0. The largest absolute Gasteiger partial charge is 0.352 e. The van der Waals surface area contributed by atoms with Crippen LogP contribution in [-0.4, -0.2) is 26.9 Å². The summed E-state index contributed by atoms with van der Waals surface area (Å²) in [5.74, 6) is 0.261. The normalized spacial score (nSPS) is 27.2. The molecule has 1 unspecified atom stereocenters. The van der Waals surface area contributed by atoms with Gasteiger partial charge < -0.3 is 4.74 Å². The number of nitrogens with one attached hydrogen (secondary N) is 1. The Bertz CT molecular complexity index is 598. The van der Waals surface area contributed by atoms with E-state index in [-0.39, 0.29) is 17.4 Å². The van der Waals surface area contributed by atoms with Gasteiger partial charge in [-0.25, -0.2) is 4.79 Å². The van der Waals surface area contributed by atoms with Gasteiger partial charge in [-0.1, -0.05) is 15.9 Å². The van der Waals surface area contributed by atoms with Gasteiger partial charge in [0.25, 0.3) is 5.56 Å². The number of alkyl halides is 2. The van der Waals surface area contributed by atoms with Gasteiger partial charge in [-0.05, 0) is 11.1 Å². The smallest absolute Gasteiger partial charge is 0.330 e. The van der Waals surface area contributed by atoms with Gasteiger partial charge in [0, 0.05) is 12.6 Å². The molecule has 8 heteroatoms. The van der Waals surface area contributed by atoms with Gasteiger partial charge in [-0.2, -0.15) is 0 Å². The number of aromatic amines is 1. The fourth-order valence-electron chi connectivity index (χ4n) is 1.90. The summed E-state index contributed by atoms with van der Waals surface area (Å²) in [4.78, 5) is 27.1. The van der Waals surface area contributed by atoms with E-state index in [1.165, 1.54) is 15.7 Å². The fourth-order valence-corrected chi connectivity index (χ4v) is 2.87. The molecule has 19 heavy (non-hydrogen) atoms. The SMILES string of the molecule is O=c1[nH]c(=O)n([C@@H]2CC(Cl)[C@H](CCl)O2)cc1/C=C/Br. The van der Waals surface area contributed by atoms with Crippen LogP contribution < -0.4 is 11.2 Å². The van der Waals surface area contributed by atoms with Crippen LogP contribution in [0.15, 0.2) is 20.8 Å². The Hall–Kier alpha value is -0.560. The molecule has 1 saturated heterocycles. The fraction of sp³-hybridized carbons (Fsp3) is 0.455. The maximum absolute atomic E-state index is 11.8. The quantitative estimate of drug-likeness (QED) is 0.829. The lowest BCUT2D eigenvalue weighted by atomic mass is 10.2. The van der Waals surface area contributed by atoms with Crippen LogP contribution in [0.1, 0.15) is 18.2 Å². The first-order chi connectivity index (χ1) is 9.06. The van der Waals surface area contributed by atoms with Crippen molar-refractivity contribution >= 4 is 45.2 Å². The molecule has 1 aromatic rings. The molecule has 1 N–H and O–H groups in total. The average molecular weight is 370 g/mol. The number of aromatic nitrogens is 2. The molecule has 0 aliphatic carbocycles. The third kappa shape index (κ3) is 3.13. The number of hydrogen-bond donors (Lipinski definition) is 1. The minimum atomic E-state index is -0.527. The Balaban J connectivity index is 2.38. The molecule has 0 spiro atoms. The molecule has 2 rings (SSSR count). The van der Waals surface area contributed by atoms with Crippen molar-refractivity contribution in [1.29, 1.82) is 0 Å². The Morgan fingerprint density at radius 3 is 2.89 bits per heavy atom. The lowest BCUT2D eigenvalue weighted by molar-refractivity contribution is 0.00978. The summed E-state index contributed by atoms with van der Waals surface area (Å²) in [6, 6.07) is 0. The highest BCUT2D eigenvalue weighted by molar-refractivity contribution is 9.11. The van der Waals surface area contributed by atoms with E-state index in [2.05, 4.69) is 20.9 Å². The van der Waals surface area contributed by atoms with E-state index in [1.54, 1.807) is 6.08 Å². The van der Waals surface area contributed by atoms with E-state index < -0.39 is 17.5 Å². The Morgan fingerprint density at radius 2 is 2.32 bits per heavy atom. The van der Waals surface area contributed by atoms with Gasteiger partial charge in [-0.3, -0.25) is 14.3 Å². The number of rotatable bonds is 3. The van der Waals surface area contributed by atoms with Crippen LogP contribution in [0.3, 0.4) is 0 Å². The zero-order valence-electron chi connectivity index (χ0n) is 9.68. The average Bonchev–Trinajstić information content (AvgIpc) is 2.74. The molecule has 104 valence electrons. The maximum Gasteiger partial charge on any atom is 0.330 e. The van der Waals surface area contributed by atoms with Crippen molar-refractivity contribution in [3.05, 3.63) is 37.6 Å². The number of nitrogens with zero attached hydrogens (tertiary/aromatic N) is 1. The molecule has 1 aliphatic rings. The summed E-state index contributed by atoms with van der Waals surface area (Å²) < 4.78 is 6.93. The zero-order valence-corrected chi connectivity index (χ0v) is 12.8. The predicted octanol–water partition coefficient (Wildman–Crippen LogP) is 2.04. The molecule has 0 aromatic carbocycles. The van der Waals surface area contributed by atoms with Gasteiger partial charge in [-0.15, -0.1) is 23.2 Å². The van der Waals surface area contributed by atoms with Crippen LogP contribution in [-0.2, 0) is 4.74 Å². The van der Waals surface area contributed by atoms with Crippen molar-refractivity contribution in [2.24, 2.45) is 0 Å². The van der Waals surface area contributed by atoms with Crippen molar-refractivity contribution < 1.29 is 4.74 Å². The second kappa shape index (κ2) is 6.26. The standard InChI is InChI=1S/C11H11BrCl2N2O3/c12-2-1-6-5-16(11(18)15-10(6)17)9-3-7(14)8(4-13)19-9/h1-2,5,7-9H,3-4H2,(H,15,17,18)/b2-1+/t7?,8-,9-/m0/s1. The van der Waals surface area contributed by atoms with Crippen LogP contribution in [0, 0.1) is 0 Å². The van der Waals surface area contributed by atoms with Crippen molar-refractivity contribution in [3.63, 3.8) is 0 Å². The maximum atomic E-state index is 11.8. The molecule has 1 fully saturated rings. The Morgan fingerprint density at radius 1 is 1.58 bits per heavy atom. The molecule has 0 amide bonds. The predicted molar refractivity (Wildman–Crippen MR) is 78.2 cm³/mol. The van der Waals surface area contributed by atoms with Crippen LogP contribution in [0.25, 0.3) is 6.08 Å². The summed E-state index contributed by atoms with van der Waals surface area (Å²) in [7, 11) is 0. The summed E-state index contributed by atoms with van der Waals surface area (Å²) in [5, 5.41) is -0.253. The molecule has 0 bridgehead atoms. The minimum absolute atomic E-state index is 0.253. The van der Waals surface area contributed by atoms with Gasteiger partial charge in [0.05, 0.1) is 22.9 Å². The Labute approximate surface area is 127 Å². The molecule has 3 atom stereocenters. The highest BCUT2D eigenvalue weighted by Gasteiger charge is 2.34. The summed E-state index contributed by atoms with van der Waals surface area (Å²) in [6.45, 7) is 0. The lowest BCUT2D eigenvalue weighted by Crippen LogP contribution is -2.33. The van der Waals surface area contributed by atoms with Gasteiger partial charge in [0.1, 0.15) is 6.23 Å². The number of hydrogen-bond acceptors (Lipinski definition) is 3. The molecule has 0 radical (unpaired) electrons. The molecular formula is C11H11BrCl2N2O3. The van der Waals surface area contributed by atoms with Crippen LogP contribution >= 0.6 is 39.1 Å². The van der Waals surface area contributed by atoms with E-state index in [9.17, 15) is 9.59 Å². The summed E-state index contributed by atoms with van der Waals surface area (Å²) >= 11 is 14.9. The highest BCUT2D eigenvalue weighted by atomic mass is 79.9. The molecule has 1 aromatic heterocycles. The van der Waals surface area contributed by atoms with Crippen LogP contribution in [0.5, 0.6) is 0 Å². The third-order valence-electron chi connectivity index (χ3n) is 2.86. The topological polar surface area (TPSA) is 64.1 Å². The van der Waals surface area contributed by atoms with Crippen molar-refractivity contribution in [1.82, 2.24) is 9.55 Å². The second-order valence-electron chi connectivity index (χ2n) is 4.08. The monoisotopic (exact) mass is 368 g/mol. The number of halogens is 3. The van der Waals surface area contributed by atoms with E-state index in [1.807, 2.05) is 0 Å². The molecule has 5 nitrogen and oxygen atoms in total. The molecular weight excluding hydrogens is 359 g/mol. The number of ether oxygens (including phenoxy) is 1. The van der Waals surface area contributed by atoms with Crippen molar-refractivity contribution in [2.75, 3.05) is 5.88 Å². The van der Waals surface area contributed by atoms with Crippen molar-refractivity contribution in [3.8, 4) is 0 Å². The van der Waals surface area contributed by atoms with Gasteiger partial charge in [0.15, 0.2) is 0 Å². The van der Waals surface area contributed by atoms with E-state index in [4.69, 9.17) is 27.9 Å². The first kappa shape index (κ1) is 14.8. The van der Waals surface area contributed by atoms with Crippen LogP contribution in [0.4, 0.5) is 0 Å². The number of H-pyrrole nitrogens is 1. The summed E-state index contributed by atoms with van der Waals surface area (Å²) in [6.07, 6.45) is 2.63. The van der Waals surface area contributed by atoms with E-state index in [0.29, 0.717) is 12.0 Å². The third-order valence-corrected chi connectivity index (χ3v) is 3.89. The lowest BCUT2D eigenvalue weighted by Gasteiger charge is -2.14. The van der Waals surface area contributed by atoms with E-state index in [0.717, 1.165) is 0 Å². The molecule has 0 saturated carbocycles. The van der Waals surface area contributed by atoms with Crippen molar-refractivity contribution in [2.45, 2.75) is 24.1 Å². The molecule has 2 heterocycles. The van der Waals surface area contributed by atoms with Gasteiger partial charge in [0.2, 0.25) is 0 Å². The second-order valence-corrected chi connectivity index (χ2v) is 5.48. The first-order valence-electron chi connectivity index (χ1n) is 5.54. The van der Waals surface area contributed by atoms with E-state index >= 15 is 0 Å².